The third kappa shape index (κ3) is 5.15. The Labute approximate surface area is 176 Å². The van der Waals surface area contributed by atoms with E-state index in [1.807, 2.05) is 25.4 Å². The number of anilines is 1. The first-order valence-electron chi connectivity index (χ1n) is 9.98. The van der Waals surface area contributed by atoms with Crippen LogP contribution >= 0.6 is 11.3 Å². The van der Waals surface area contributed by atoms with Crippen molar-refractivity contribution < 1.29 is 13.2 Å². The number of nitrogens with one attached hydrogen (secondary N) is 1. The van der Waals surface area contributed by atoms with Gasteiger partial charge in [-0.15, -0.1) is 11.3 Å². The van der Waals surface area contributed by atoms with Gasteiger partial charge in [0.05, 0.1) is 4.90 Å². The highest BCUT2D eigenvalue weighted by Gasteiger charge is 2.23. The number of thiazole rings is 1. The molecule has 0 bridgehead atoms. The number of rotatable bonds is 8. The van der Waals surface area contributed by atoms with Crippen LogP contribution in [-0.4, -0.2) is 56.3 Å². The van der Waals surface area contributed by atoms with Gasteiger partial charge >= 0.3 is 0 Å². The molecule has 1 amide bonds. The average molecular weight is 437 g/mol. The maximum Gasteiger partial charge on any atom is 0.251 e. The van der Waals surface area contributed by atoms with E-state index in [1.165, 1.54) is 16.4 Å². The molecule has 1 atom stereocenters. The number of piperidine rings is 1. The Morgan fingerprint density at radius 3 is 2.62 bits per heavy atom. The van der Waals surface area contributed by atoms with E-state index < -0.39 is 10.0 Å². The van der Waals surface area contributed by atoms with E-state index in [0.29, 0.717) is 31.1 Å². The topological polar surface area (TPSA) is 82.6 Å². The Morgan fingerprint density at radius 2 is 2.00 bits per heavy atom. The molecular formula is C20H28N4O3S2. The number of carbonyl (C=O) groups excluding carboxylic acids is 1. The lowest BCUT2D eigenvalue weighted by Crippen LogP contribution is -2.41. The van der Waals surface area contributed by atoms with Crippen molar-refractivity contribution in [3.63, 3.8) is 0 Å². The van der Waals surface area contributed by atoms with Crippen LogP contribution in [0, 0.1) is 5.92 Å². The van der Waals surface area contributed by atoms with Crippen LogP contribution in [0.15, 0.2) is 40.7 Å². The molecule has 0 aliphatic carbocycles. The zero-order valence-electron chi connectivity index (χ0n) is 16.9. The number of carbonyl (C=O) groups is 1. The Hall–Kier alpha value is -1.97. The fraction of sp³-hybridized carbons (Fsp3) is 0.500. The summed E-state index contributed by atoms with van der Waals surface area (Å²) >= 11 is 1.64. The first kappa shape index (κ1) is 21.7. The second-order valence-electron chi connectivity index (χ2n) is 7.09. The van der Waals surface area contributed by atoms with Crippen molar-refractivity contribution in [3.8, 4) is 0 Å². The number of benzene rings is 1. The molecule has 7 nitrogen and oxygen atoms in total. The van der Waals surface area contributed by atoms with Crippen molar-refractivity contribution in [1.29, 1.82) is 0 Å². The van der Waals surface area contributed by atoms with Crippen molar-refractivity contribution in [2.75, 3.05) is 37.6 Å². The van der Waals surface area contributed by atoms with E-state index in [1.54, 1.807) is 23.5 Å². The summed E-state index contributed by atoms with van der Waals surface area (Å²) in [6, 6.07) is 6.17. The van der Waals surface area contributed by atoms with Gasteiger partial charge in [-0.25, -0.2) is 13.4 Å². The minimum absolute atomic E-state index is 0.178. The van der Waals surface area contributed by atoms with Crippen LogP contribution in [0.25, 0.3) is 0 Å². The molecular weight excluding hydrogens is 408 g/mol. The first-order chi connectivity index (χ1) is 14.0. The van der Waals surface area contributed by atoms with E-state index in [2.05, 4.69) is 15.2 Å². The number of hydrogen-bond acceptors (Lipinski definition) is 6. The lowest BCUT2D eigenvalue weighted by molar-refractivity contribution is 0.0945. The summed E-state index contributed by atoms with van der Waals surface area (Å²) in [6.45, 7) is 6.93. The molecule has 1 aliphatic rings. The summed E-state index contributed by atoms with van der Waals surface area (Å²) < 4.78 is 26.5. The normalized spacial score (nSPS) is 17.5. The lowest BCUT2D eigenvalue weighted by Gasteiger charge is -2.32. The third-order valence-corrected chi connectivity index (χ3v) is 8.12. The van der Waals surface area contributed by atoms with Crippen LogP contribution in [-0.2, 0) is 10.0 Å². The predicted octanol–water partition coefficient (Wildman–Crippen LogP) is 2.82. The van der Waals surface area contributed by atoms with E-state index in [0.717, 1.165) is 31.1 Å². The lowest BCUT2D eigenvalue weighted by atomic mass is 9.98. The molecule has 29 heavy (non-hydrogen) atoms. The van der Waals surface area contributed by atoms with Gasteiger partial charge in [0.1, 0.15) is 0 Å². The van der Waals surface area contributed by atoms with Gasteiger partial charge in [-0.1, -0.05) is 13.8 Å². The number of hydrogen-bond donors (Lipinski definition) is 1. The molecule has 1 aliphatic heterocycles. The van der Waals surface area contributed by atoms with Crippen molar-refractivity contribution in [3.05, 3.63) is 41.4 Å². The number of aromatic nitrogens is 1. The SMILES string of the molecule is CCN(CC)S(=O)(=O)c1ccc(C(=O)NCC2CCCN(c3nccs3)C2)cc1. The number of nitrogens with zero attached hydrogens (tertiary/aromatic N) is 3. The van der Waals surface area contributed by atoms with Crippen LogP contribution < -0.4 is 10.2 Å². The van der Waals surface area contributed by atoms with Crippen LogP contribution in [0.4, 0.5) is 5.13 Å². The molecule has 1 saturated heterocycles. The van der Waals surface area contributed by atoms with Crippen LogP contribution in [0.5, 0.6) is 0 Å². The molecule has 0 spiro atoms. The zero-order chi connectivity index (χ0) is 20.9. The second kappa shape index (κ2) is 9.69. The standard InChI is InChI=1S/C20H28N4O3S2/c1-3-24(4-2)29(26,27)18-9-7-17(8-10-18)19(25)22-14-16-6-5-12-23(15-16)20-21-11-13-28-20/h7-11,13,16H,3-6,12,14-15H2,1-2H3,(H,22,25). The first-order valence-corrected chi connectivity index (χ1v) is 12.3. The maximum atomic E-state index is 12.6. The van der Waals surface area contributed by atoms with Gasteiger partial charge in [0.25, 0.3) is 5.91 Å². The highest BCUT2D eigenvalue weighted by molar-refractivity contribution is 7.89. The fourth-order valence-corrected chi connectivity index (χ4v) is 5.75. The molecule has 158 valence electrons. The minimum Gasteiger partial charge on any atom is -0.352 e. The summed E-state index contributed by atoms with van der Waals surface area (Å²) in [7, 11) is -3.51. The molecule has 3 rings (SSSR count). The van der Waals surface area contributed by atoms with Gasteiger partial charge in [0, 0.05) is 49.9 Å². The molecule has 1 aromatic heterocycles. The zero-order valence-corrected chi connectivity index (χ0v) is 18.5. The molecule has 0 radical (unpaired) electrons. The van der Waals surface area contributed by atoms with E-state index in [4.69, 9.17) is 0 Å². The Morgan fingerprint density at radius 1 is 1.28 bits per heavy atom. The average Bonchev–Trinajstić information content (AvgIpc) is 3.28. The Balaban J connectivity index is 1.57. The summed E-state index contributed by atoms with van der Waals surface area (Å²) in [4.78, 5) is 19.4. The summed E-state index contributed by atoms with van der Waals surface area (Å²) in [5, 5.41) is 6.01. The molecule has 0 saturated carbocycles. The highest BCUT2D eigenvalue weighted by atomic mass is 32.2. The van der Waals surface area contributed by atoms with Crippen LogP contribution in [0.2, 0.25) is 0 Å². The maximum absolute atomic E-state index is 12.6. The molecule has 9 heteroatoms. The summed E-state index contributed by atoms with van der Waals surface area (Å²) in [5.41, 5.74) is 0.469. The Bertz CT molecular complexity index is 894. The largest absolute Gasteiger partial charge is 0.352 e. The molecule has 2 aromatic rings. The van der Waals surface area contributed by atoms with E-state index in [9.17, 15) is 13.2 Å². The molecule has 1 aromatic carbocycles. The van der Waals surface area contributed by atoms with Crippen LogP contribution in [0.3, 0.4) is 0 Å². The van der Waals surface area contributed by atoms with Gasteiger partial charge in [0.2, 0.25) is 10.0 Å². The van der Waals surface area contributed by atoms with Gasteiger partial charge in [-0.3, -0.25) is 4.79 Å². The number of sulfonamides is 1. The number of amides is 1. The predicted molar refractivity (Wildman–Crippen MR) is 116 cm³/mol. The van der Waals surface area contributed by atoms with Gasteiger partial charge in [0.15, 0.2) is 5.13 Å². The van der Waals surface area contributed by atoms with Crippen LogP contribution in [0.1, 0.15) is 37.0 Å². The van der Waals surface area contributed by atoms with Crippen molar-refractivity contribution in [1.82, 2.24) is 14.6 Å². The van der Waals surface area contributed by atoms with Gasteiger partial charge < -0.3 is 10.2 Å². The van der Waals surface area contributed by atoms with Crippen molar-refractivity contribution in [2.45, 2.75) is 31.6 Å². The van der Waals surface area contributed by atoms with Crippen molar-refractivity contribution in [2.24, 2.45) is 5.92 Å². The Kier molecular flexibility index (Phi) is 7.26. The van der Waals surface area contributed by atoms with Gasteiger partial charge in [-0.2, -0.15) is 4.31 Å². The van der Waals surface area contributed by atoms with E-state index in [-0.39, 0.29) is 10.8 Å². The quantitative estimate of drug-likeness (QED) is 0.688. The van der Waals surface area contributed by atoms with Gasteiger partial charge in [-0.05, 0) is 43.0 Å². The molecule has 2 heterocycles. The summed E-state index contributed by atoms with van der Waals surface area (Å²) in [6.07, 6.45) is 3.97. The second-order valence-corrected chi connectivity index (χ2v) is 9.90. The van der Waals surface area contributed by atoms with E-state index >= 15 is 0 Å². The fourth-order valence-electron chi connectivity index (χ4n) is 3.61. The highest BCUT2D eigenvalue weighted by Crippen LogP contribution is 2.24. The minimum atomic E-state index is -3.51. The molecule has 1 unspecified atom stereocenters. The van der Waals surface area contributed by atoms with Crippen molar-refractivity contribution >= 4 is 32.4 Å². The smallest absolute Gasteiger partial charge is 0.251 e. The monoisotopic (exact) mass is 436 g/mol. The summed E-state index contributed by atoms with van der Waals surface area (Å²) in [5.74, 6) is 0.196. The molecule has 1 N–H and O–H groups in total. The third-order valence-electron chi connectivity index (χ3n) is 5.22. The molecule has 1 fully saturated rings.